The molecule has 0 amide bonds. The van der Waals surface area contributed by atoms with Crippen LogP contribution < -0.4 is 0 Å². The Morgan fingerprint density at radius 2 is 2.14 bits per heavy atom. The molecule has 1 aliphatic rings. The Morgan fingerprint density at radius 3 is 2.71 bits per heavy atom. The quantitative estimate of drug-likeness (QED) is 0.773. The third-order valence-corrected chi connectivity index (χ3v) is 5.87. The van der Waals surface area contributed by atoms with E-state index in [9.17, 15) is 13.5 Å². The Labute approximate surface area is 130 Å². The molecule has 21 heavy (non-hydrogen) atoms. The van der Waals surface area contributed by atoms with Gasteiger partial charge in [-0.1, -0.05) is 11.6 Å². The molecule has 0 spiro atoms. The first-order valence-corrected chi connectivity index (χ1v) is 8.75. The number of β-amino-alcohol motifs (C(OH)–C–C–N with tert-alkyl or cyclic N) is 1. The summed E-state index contributed by atoms with van der Waals surface area (Å²) < 4.78 is 26.7. The van der Waals surface area contributed by atoms with Gasteiger partial charge in [-0.15, -0.1) is 0 Å². The monoisotopic (exact) mass is 336 g/mol. The summed E-state index contributed by atoms with van der Waals surface area (Å²) in [5, 5.41) is 14.7. The van der Waals surface area contributed by atoms with E-state index in [4.69, 9.17) is 11.6 Å². The molecular formula is C12H21ClN4O3S. The number of aliphatic hydroxyl groups excluding tert-OH is 1. The predicted molar refractivity (Wildman–Crippen MR) is 80.6 cm³/mol. The van der Waals surface area contributed by atoms with E-state index in [0.29, 0.717) is 31.2 Å². The van der Waals surface area contributed by atoms with Gasteiger partial charge in [0.1, 0.15) is 0 Å². The molecular weight excluding hydrogens is 316 g/mol. The van der Waals surface area contributed by atoms with Crippen molar-refractivity contribution >= 4 is 21.6 Å². The van der Waals surface area contributed by atoms with Crippen LogP contribution in [0.15, 0.2) is 12.4 Å². The molecule has 0 aliphatic carbocycles. The van der Waals surface area contributed by atoms with E-state index in [1.54, 1.807) is 17.1 Å². The van der Waals surface area contributed by atoms with Crippen LogP contribution in [0.3, 0.4) is 0 Å². The molecule has 120 valence electrons. The molecule has 0 saturated carbocycles. The van der Waals surface area contributed by atoms with Crippen LogP contribution >= 0.6 is 11.6 Å². The lowest BCUT2D eigenvalue weighted by Crippen LogP contribution is -2.33. The number of hydrogen-bond acceptors (Lipinski definition) is 5. The Bertz CT molecular complexity index is 575. The van der Waals surface area contributed by atoms with Gasteiger partial charge in [-0.3, -0.25) is 9.58 Å². The fourth-order valence-electron chi connectivity index (χ4n) is 2.41. The zero-order valence-corrected chi connectivity index (χ0v) is 13.8. The molecule has 1 aromatic rings. The molecule has 1 aromatic heterocycles. The molecule has 0 radical (unpaired) electrons. The van der Waals surface area contributed by atoms with Crippen molar-refractivity contribution in [3.8, 4) is 0 Å². The first-order chi connectivity index (χ1) is 9.78. The maximum absolute atomic E-state index is 11.9. The largest absolute Gasteiger partial charge is 0.391 e. The molecule has 0 aromatic carbocycles. The number of likely N-dealkylation sites (tertiary alicyclic amines) is 1. The van der Waals surface area contributed by atoms with Crippen molar-refractivity contribution in [1.82, 2.24) is 19.0 Å². The Hall–Kier alpha value is -0.670. The molecule has 9 heteroatoms. The highest BCUT2D eigenvalue weighted by Gasteiger charge is 2.35. The average Bonchev–Trinajstić information content (AvgIpc) is 2.93. The first kappa shape index (κ1) is 16.7. The van der Waals surface area contributed by atoms with Gasteiger partial charge < -0.3 is 5.11 Å². The SMILES string of the molecule is CN(C)S(=O)(=O)C[C@@H]1CN(CCn2cc(Cl)cn2)C[C@H]1O. The first-order valence-electron chi connectivity index (χ1n) is 6.76. The van der Waals surface area contributed by atoms with Crippen LogP contribution in [0.5, 0.6) is 0 Å². The minimum Gasteiger partial charge on any atom is -0.391 e. The van der Waals surface area contributed by atoms with Gasteiger partial charge in [-0.05, 0) is 0 Å². The molecule has 0 bridgehead atoms. The van der Waals surface area contributed by atoms with Crippen molar-refractivity contribution in [1.29, 1.82) is 0 Å². The van der Waals surface area contributed by atoms with E-state index in [0.717, 1.165) is 0 Å². The number of hydrogen-bond donors (Lipinski definition) is 1. The second kappa shape index (κ2) is 6.62. The zero-order valence-electron chi connectivity index (χ0n) is 12.2. The van der Waals surface area contributed by atoms with E-state index in [-0.39, 0.29) is 11.7 Å². The minimum atomic E-state index is -3.29. The average molecular weight is 337 g/mol. The summed E-state index contributed by atoms with van der Waals surface area (Å²) in [6.07, 6.45) is 2.70. The van der Waals surface area contributed by atoms with Crippen molar-refractivity contribution in [3.63, 3.8) is 0 Å². The maximum Gasteiger partial charge on any atom is 0.214 e. The summed E-state index contributed by atoms with van der Waals surface area (Å²) in [7, 11) is -0.270. The van der Waals surface area contributed by atoms with Gasteiger partial charge in [0.15, 0.2) is 0 Å². The Morgan fingerprint density at radius 1 is 1.43 bits per heavy atom. The lowest BCUT2D eigenvalue weighted by atomic mass is 10.1. The summed E-state index contributed by atoms with van der Waals surface area (Å²) in [6.45, 7) is 2.42. The smallest absolute Gasteiger partial charge is 0.214 e. The normalized spacial score (nSPS) is 24.0. The van der Waals surface area contributed by atoms with Crippen LogP contribution in [-0.4, -0.2) is 78.1 Å². The molecule has 1 saturated heterocycles. The summed E-state index contributed by atoms with van der Waals surface area (Å²) in [5.41, 5.74) is 0. The van der Waals surface area contributed by atoms with Crippen LogP contribution in [0.25, 0.3) is 0 Å². The predicted octanol–water partition coefficient (Wildman–Crippen LogP) is -0.279. The highest BCUT2D eigenvalue weighted by atomic mass is 35.5. The number of aromatic nitrogens is 2. The summed E-state index contributed by atoms with van der Waals surface area (Å²) >= 11 is 5.80. The lowest BCUT2D eigenvalue weighted by Gasteiger charge is -2.18. The van der Waals surface area contributed by atoms with Crippen molar-refractivity contribution < 1.29 is 13.5 Å². The van der Waals surface area contributed by atoms with Crippen molar-refractivity contribution in [2.75, 3.05) is 39.5 Å². The van der Waals surface area contributed by atoms with Gasteiger partial charge in [0, 0.05) is 45.8 Å². The van der Waals surface area contributed by atoms with Crippen LogP contribution in [0.1, 0.15) is 0 Å². The molecule has 1 N–H and O–H groups in total. The molecule has 2 heterocycles. The van der Waals surface area contributed by atoms with Gasteiger partial charge in [0.05, 0.1) is 29.6 Å². The second-order valence-corrected chi connectivity index (χ2v) is 8.23. The summed E-state index contributed by atoms with van der Waals surface area (Å²) in [4.78, 5) is 2.05. The Balaban J connectivity index is 1.86. The standard InChI is InChI=1S/C12H21ClN4O3S/c1-15(2)21(19,20)9-10-6-16(8-12(10)18)3-4-17-7-11(13)5-14-17/h5,7,10,12,18H,3-4,6,8-9H2,1-2H3/t10-,12+/m0/s1. The van der Waals surface area contributed by atoms with Gasteiger partial charge in [-0.2, -0.15) is 5.10 Å². The zero-order chi connectivity index (χ0) is 15.6. The maximum atomic E-state index is 11.9. The van der Waals surface area contributed by atoms with Gasteiger partial charge in [-0.25, -0.2) is 12.7 Å². The van der Waals surface area contributed by atoms with Gasteiger partial charge in [0.2, 0.25) is 10.0 Å². The minimum absolute atomic E-state index is 0.0226. The number of aliphatic hydroxyl groups is 1. The molecule has 0 unspecified atom stereocenters. The summed E-state index contributed by atoms with van der Waals surface area (Å²) in [6, 6.07) is 0. The Kier molecular flexibility index (Phi) is 5.26. The van der Waals surface area contributed by atoms with Crippen LogP contribution in [0, 0.1) is 5.92 Å². The van der Waals surface area contributed by atoms with E-state index < -0.39 is 16.1 Å². The number of rotatable bonds is 6. The van der Waals surface area contributed by atoms with Crippen LogP contribution in [0.4, 0.5) is 0 Å². The number of nitrogens with zero attached hydrogens (tertiary/aromatic N) is 4. The highest BCUT2D eigenvalue weighted by Crippen LogP contribution is 2.19. The van der Waals surface area contributed by atoms with E-state index in [2.05, 4.69) is 10.00 Å². The van der Waals surface area contributed by atoms with E-state index in [1.165, 1.54) is 18.4 Å². The van der Waals surface area contributed by atoms with Crippen molar-refractivity contribution in [2.45, 2.75) is 12.6 Å². The fraction of sp³-hybridized carbons (Fsp3) is 0.750. The molecule has 1 aliphatic heterocycles. The molecule has 7 nitrogen and oxygen atoms in total. The topological polar surface area (TPSA) is 78.7 Å². The van der Waals surface area contributed by atoms with Gasteiger partial charge in [0.25, 0.3) is 0 Å². The van der Waals surface area contributed by atoms with Crippen molar-refractivity contribution in [2.24, 2.45) is 5.92 Å². The van der Waals surface area contributed by atoms with E-state index >= 15 is 0 Å². The fourth-order valence-corrected chi connectivity index (χ4v) is 3.73. The summed E-state index contributed by atoms with van der Waals surface area (Å²) in [5.74, 6) is -0.274. The highest BCUT2D eigenvalue weighted by molar-refractivity contribution is 7.89. The molecule has 2 atom stereocenters. The van der Waals surface area contributed by atoms with Crippen molar-refractivity contribution in [3.05, 3.63) is 17.4 Å². The van der Waals surface area contributed by atoms with Gasteiger partial charge >= 0.3 is 0 Å². The van der Waals surface area contributed by atoms with E-state index in [1.807, 2.05) is 0 Å². The van der Waals surface area contributed by atoms with Crippen LogP contribution in [0.2, 0.25) is 5.02 Å². The number of sulfonamides is 1. The second-order valence-electron chi connectivity index (χ2n) is 5.57. The third kappa shape index (κ3) is 4.40. The molecule has 1 fully saturated rings. The lowest BCUT2D eigenvalue weighted by molar-refractivity contribution is 0.148. The third-order valence-electron chi connectivity index (χ3n) is 3.71. The number of halogens is 1. The van der Waals surface area contributed by atoms with Crippen LogP contribution in [-0.2, 0) is 16.6 Å². The molecule has 2 rings (SSSR count).